The van der Waals surface area contributed by atoms with Gasteiger partial charge in [0, 0.05) is 6.54 Å². The predicted molar refractivity (Wildman–Crippen MR) is 80.8 cm³/mol. The fourth-order valence-corrected chi connectivity index (χ4v) is 2.36. The van der Waals surface area contributed by atoms with Crippen LogP contribution in [0.2, 0.25) is 5.02 Å². The van der Waals surface area contributed by atoms with Crippen molar-refractivity contribution in [2.45, 2.75) is 40.3 Å². The highest BCUT2D eigenvalue weighted by Crippen LogP contribution is 2.23. The molecule has 0 bridgehead atoms. The van der Waals surface area contributed by atoms with Gasteiger partial charge < -0.3 is 5.32 Å². The Hall–Kier alpha value is -1.48. The average molecular weight is 278 g/mol. The molecule has 1 N–H and O–H groups in total. The molecule has 0 atom stereocenters. The first-order valence-corrected chi connectivity index (χ1v) is 7.07. The molecule has 3 nitrogen and oxygen atoms in total. The molecule has 0 aliphatic rings. The first-order chi connectivity index (χ1) is 9.13. The Balaban J connectivity index is 2.11. The highest BCUT2D eigenvalue weighted by atomic mass is 35.5. The summed E-state index contributed by atoms with van der Waals surface area (Å²) in [4.78, 5) is 0. The smallest absolute Gasteiger partial charge is 0.0640 e. The summed E-state index contributed by atoms with van der Waals surface area (Å²) in [6, 6.07) is 8.20. The number of rotatable bonds is 5. The van der Waals surface area contributed by atoms with Gasteiger partial charge in [-0.05, 0) is 44.0 Å². The highest BCUT2D eigenvalue weighted by Gasteiger charge is 2.06. The van der Waals surface area contributed by atoms with E-state index in [1.807, 2.05) is 23.7 Å². The lowest BCUT2D eigenvalue weighted by Crippen LogP contribution is -2.08. The molecule has 0 aliphatic heterocycles. The normalized spacial score (nSPS) is 10.7. The van der Waals surface area contributed by atoms with Gasteiger partial charge in [-0.15, -0.1) is 0 Å². The third-order valence-electron chi connectivity index (χ3n) is 3.16. The van der Waals surface area contributed by atoms with E-state index in [1.54, 1.807) is 0 Å². The van der Waals surface area contributed by atoms with Crippen molar-refractivity contribution < 1.29 is 0 Å². The monoisotopic (exact) mass is 277 g/mol. The minimum absolute atomic E-state index is 0.740. The van der Waals surface area contributed by atoms with Gasteiger partial charge in [-0.3, -0.25) is 4.68 Å². The van der Waals surface area contributed by atoms with Gasteiger partial charge in [0.15, 0.2) is 0 Å². The van der Waals surface area contributed by atoms with Crippen LogP contribution in [0.15, 0.2) is 24.3 Å². The van der Waals surface area contributed by atoms with Crippen LogP contribution in [-0.2, 0) is 19.5 Å². The molecule has 4 heteroatoms. The zero-order valence-electron chi connectivity index (χ0n) is 11.7. The second-order valence-electron chi connectivity index (χ2n) is 4.63. The van der Waals surface area contributed by atoms with Gasteiger partial charge in [0.25, 0.3) is 0 Å². The third kappa shape index (κ3) is 3.29. The van der Waals surface area contributed by atoms with Crippen LogP contribution in [0.4, 0.5) is 5.69 Å². The molecule has 0 saturated carbocycles. The summed E-state index contributed by atoms with van der Waals surface area (Å²) in [6.45, 7) is 7.89. The molecule has 2 aromatic rings. The molecule has 19 heavy (non-hydrogen) atoms. The van der Waals surface area contributed by atoms with Crippen LogP contribution in [0.5, 0.6) is 0 Å². The molecule has 0 saturated heterocycles. The van der Waals surface area contributed by atoms with Crippen LogP contribution in [-0.4, -0.2) is 9.78 Å². The number of nitrogens with one attached hydrogen (secondary N) is 1. The maximum Gasteiger partial charge on any atom is 0.0640 e. The lowest BCUT2D eigenvalue weighted by atomic mass is 10.2. The van der Waals surface area contributed by atoms with Crippen LogP contribution in [0.1, 0.15) is 30.8 Å². The maximum absolute atomic E-state index is 6.22. The number of aryl methyl sites for hydroxylation is 3. The molecule has 0 amide bonds. The molecule has 0 fully saturated rings. The average Bonchev–Trinajstić information content (AvgIpc) is 2.80. The second kappa shape index (κ2) is 6.11. The summed E-state index contributed by atoms with van der Waals surface area (Å²) in [7, 11) is 0. The zero-order chi connectivity index (χ0) is 13.8. The summed E-state index contributed by atoms with van der Waals surface area (Å²) in [5, 5.41) is 8.68. The Morgan fingerprint density at radius 1 is 1.26 bits per heavy atom. The van der Waals surface area contributed by atoms with E-state index in [9.17, 15) is 0 Å². The number of aromatic nitrogens is 2. The predicted octanol–water partition coefficient (Wildman–Crippen LogP) is 4.04. The zero-order valence-corrected chi connectivity index (χ0v) is 12.5. The van der Waals surface area contributed by atoms with Crippen molar-refractivity contribution >= 4 is 17.3 Å². The second-order valence-corrected chi connectivity index (χ2v) is 5.04. The van der Waals surface area contributed by atoms with Gasteiger partial charge in [-0.1, -0.05) is 24.6 Å². The fraction of sp³-hybridized carbons (Fsp3) is 0.400. The van der Waals surface area contributed by atoms with Gasteiger partial charge in [0.1, 0.15) is 0 Å². The summed E-state index contributed by atoms with van der Waals surface area (Å²) in [5.41, 5.74) is 4.46. The van der Waals surface area contributed by atoms with Crippen molar-refractivity contribution in [3.63, 3.8) is 0 Å². The summed E-state index contributed by atoms with van der Waals surface area (Å²) in [6.07, 6.45) is 0.964. The van der Waals surface area contributed by atoms with Gasteiger partial charge >= 0.3 is 0 Å². The largest absolute Gasteiger partial charge is 0.378 e. The molecular formula is C15H20ClN3. The van der Waals surface area contributed by atoms with Crippen LogP contribution in [0.3, 0.4) is 0 Å². The minimum atomic E-state index is 0.740. The fourth-order valence-electron chi connectivity index (χ4n) is 2.05. The van der Waals surface area contributed by atoms with Crippen molar-refractivity contribution in [1.29, 1.82) is 0 Å². The van der Waals surface area contributed by atoms with Crippen molar-refractivity contribution in [1.82, 2.24) is 9.78 Å². The van der Waals surface area contributed by atoms with Crippen LogP contribution in [0.25, 0.3) is 0 Å². The van der Waals surface area contributed by atoms with Crippen molar-refractivity contribution in [2.24, 2.45) is 0 Å². The van der Waals surface area contributed by atoms with Gasteiger partial charge in [0.2, 0.25) is 0 Å². The SMILES string of the molecule is CCc1cc(CNc2ccc(C)cc2Cl)n(CC)n1. The van der Waals surface area contributed by atoms with Crippen molar-refractivity contribution in [2.75, 3.05) is 5.32 Å². The molecule has 0 aliphatic carbocycles. The number of benzene rings is 1. The first kappa shape index (κ1) is 13.9. The quantitative estimate of drug-likeness (QED) is 0.894. The molecule has 1 aromatic carbocycles. The molecule has 0 radical (unpaired) electrons. The van der Waals surface area contributed by atoms with E-state index < -0.39 is 0 Å². The molecule has 0 unspecified atom stereocenters. The minimum Gasteiger partial charge on any atom is -0.378 e. The van der Waals surface area contributed by atoms with Gasteiger partial charge in [-0.2, -0.15) is 5.10 Å². The lowest BCUT2D eigenvalue weighted by molar-refractivity contribution is 0.619. The number of hydrogen-bond acceptors (Lipinski definition) is 2. The van der Waals surface area contributed by atoms with Crippen LogP contribution in [0, 0.1) is 6.92 Å². The first-order valence-electron chi connectivity index (χ1n) is 6.69. The Kier molecular flexibility index (Phi) is 4.48. The molecule has 0 spiro atoms. The number of nitrogens with zero attached hydrogens (tertiary/aromatic N) is 2. The highest BCUT2D eigenvalue weighted by molar-refractivity contribution is 6.33. The third-order valence-corrected chi connectivity index (χ3v) is 3.47. The number of halogens is 1. The van der Waals surface area contributed by atoms with Crippen molar-refractivity contribution in [3.05, 3.63) is 46.2 Å². The van der Waals surface area contributed by atoms with Gasteiger partial charge in [-0.25, -0.2) is 0 Å². The van der Waals surface area contributed by atoms with Crippen LogP contribution >= 0.6 is 11.6 Å². The van der Waals surface area contributed by atoms with Gasteiger partial charge in [0.05, 0.1) is 28.6 Å². The van der Waals surface area contributed by atoms with Crippen molar-refractivity contribution in [3.8, 4) is 0 Å². The van der Waals surface area contributed by atoms with E-state index in [4.69, 9.17) is 11.6 Å². The molecule has 1 heterocycles. The van der Waals surface area contributed by atoms with E-state index in [0.29, 0.717) is 0 Å². The molecular weight excluding hydrogens is 258 g/mol. The Morgan fingerprint density at radius 3 is 2.68 bits per heavy atom. The Morgan fingerprint density at radius 2 is 2.05 bits per heavy atom. The van der Waals surface area contributed by atoms with E-state index in [0.717, 1.165) is 35.9 Å². The molecule has 2 rings (SSSR count). The molecule has 1 aromatic heterocycles. The maximum atomic E-state index is 6.22. The Labute approximate surface area is 119 Å². The molecule has 102 valence electrons. The number of anilines is 1. The lowest BCUT2D eigenvalue weighted by Gasteiger charge is -2.10. The summed E-state index contributed by atoms with van der Waals surface area (Å²) < 4.78 is 2.04. The van der Waals surface area contributed by atoms with E-state index >= 15 is 0 Å². The van der Waals surface area contributed by atoms with E-state index in [2.05, 4.69) is 36.4 Å². The summed E-state index contributed by atoms with van der Waals surface area (Å²) in [5.74, 6) is 0. The van der Waals surface area contributed by atoms with Crippen LogP contribution < -0.4 is 5.32 Å². The Bertz CT molecular complexity index is 561. The standard InChI is InChI=1S/C15H20ClN3/c1-4-12-9-13(19(5-2)18-12)10-17-15-7-6-11(3)8-14(15)16/h6-9,17H,4-5,10H2,1-3H3. The topological polar surface area (TPSA) is 29.9 Å². The summed E-state index contributed by atoms with van der Waals surface area (Å²) >= 11 is 6.22. The number of hydrogen-bond donors (Lipinski definition) is 1. The van der Waals surface area contributed by atoms with E-state index in [-0.39, 0.29) is 0 Å². The van der Waals surface area contributed by atoms with E-state index in [1.165, 1.54) is 11.3 Å².